The van der Waals surface area contributed by atoms with E-state index in [1.54, 1.807) is 7.11 Å². The fourth-order valence-electron chi connectivity index (χ4n) is 3.64. The molecule has 1 unspecified atom stereocenters. The quantitative estimate of drug-likeness (QED) is 0.679. The minimum atomic E-state index is -0.537. The zero-order valence-corrected chi connectivity index (χ0v) is 16.3. The monoisotopic (exact) mass is 396 g/mol. The van der Waals surface area contributed by atoms with Crippen LogP contribution in [0.25, 0.3) is 0 Å². The van der Waals surface area contributed by atoms with Gasteiger partial charge in [-0.2, -0.15) is 0 Å². The van der Waals surface area contributed by atoms with Crippen LogP contribution >= 0.6 is 0 Å². The van der Waals surface area contributed by atoms with Crippen LogP contribution < -0.4 is 14.8 Å². The summed E-state index contributed by atoms with van der Waals surface area (Å²) in [7, 11) is 1.68. The summed E-state index contributed by atoms with van der Waals surface area (Å²) in [5.74, 6) is -0.752. The molecular formula is C20H29FN2O5. The van der Waals surface area contributed by atoms with Crippen LogP contribution in [-0.2, 0) is 4.74 Å². The van der Waals surface area contributed by atoms with E-state index in [2.05, 4.69) is 10.2 Å². The van der Waals surface area contributed by atoms with Gasteiger partial charge in [-0.25, -0.2) is 4.39 Å². The van der Waals surface area contributed by atoms with E-state index in [1.807, 2.05) is 0 Å². The topological polar surface area (TPSA) is 80.3 Å². The van der Waals surface area contributed by atoms with Crippen LogP contribution in [0.3, 0.4) is 0 Å². The molecule has 2 N–H and O–H groups in total. The smallest absolute Gasteiger partial charge is 0.255 e. The summed E-state index contributed by atoms with van der Waals surface area (Å²) in [4.78, 5) is 14.9. The molecule has 0 aliphatic carbocycles. The Morgan fingerprint density at radius 1 is 1.36 bits per heavy atom. The molecule has 1 fully saturated rings. The van der Waals surface area contributed by atoms with Crippen molar-refractivity contribution in [2.75, 3.05) is 53.1 Å². The summed E-state index contributed by atoms with van der Waals surface area (Å²) in [5, 5.41) is 13.3. The molecule has 2 atom stereocenters. The number of β-amino-alcohol motifs (C(OH)–C–C–N with tert-alkyl or cyclic N) is 1. The van der Waals surface area contributed by atoms with E-state index >= 15 is 0 Å². The van der Waals surface area contributed by atoms with Gasteiger partial charge in [0.1, 0.15) is 0 Å². The molecule has 3 rings (SSSR count). The molecule has 1 amide bonds. The maximum atomic E-state index is 14.0. The van der Waals surface area contributed by atoms with Gasteiger partial charge in [-0.05, 0) is 31.5 Å². The second-order valence-electron chi connectivity index (χ2n) is 7.28. The van der Waals surface area contributed by atoms with Crippen LogP contribution in [0.15, 0.2) is 12.1 Å². The molecule has 8 heteroatoms. The van der Waals surface area contributed by atoms with Crippen molar-refractivity contribution in [3.8, 4) is 11.5 Å². The average Bonchev–Trinajstić information content (AvgIpc) is 2.94. The van der Waals surface area contributed by atoms with Gasteiger partial charge in [-0.3, -0.25) is 4.79 Å². The predicted octanol–water partition coefficient (Wildman–Crippen LogP) is 1.44. The molecule has 2 aliphatic rings. The zero-order valence-electron chi connectivity index (χ0n) is 16.3. The Morgan fingerprint density at radius 3 is 2.89 bits per heavy atom. The number of carbonyl (C=O) groups is 1. The van der Waals surface area contributed by atoms with Gasteiger partial charge in [-0.15, -0.1) is 0 Å². The van der Waals surface area contributed by atoms with Gasteiger partial charge >= 0.3 is 0 Å². The lowest BCUT2D eigenvalue weighted by atomic mass is 9.93. The normalized spacial score (nSPS) is 22.5. The minimum Gasteiger partial charge on any atom is -0.489 e. The van der Waals surface area contributed by atoms with Crippen LogP contribution in [0.5, 0.6) is 11.5 Å². The van der Waals surface area contributed by atoms with Crippen LogP contribution in [0.2, 0.25) is 0 Å². The first-order valence-electron chi connectivity index (χ1n) is 9.85. The Bertz CT molecular complexity index is 672. The van der Waals surface area contributed by atoms with E-state index < -0.39 is 11.9 Å². The summed E-state index contributed by atoms with van der Waals surface area (Å²) in [5.41, 5.74) is 0.254. The third-order valence-electron chi connectivity index (χ3n) is 5.24. The van der Waals surface area contributed by atoms with Crippen LogP contribution in [0.1, 0.15) is 29.6 Å². The number of amides is 1. The number of likely N-dealkylation sites (tertiary alicyclic amines) is 1. The molecule has 28 heavy (non-hydrogen) atoms. The Hall–Kier alpha value is -1.90. The number of hydrogen-bond acceptors (Lipinski definition) is 6. The number of benzene rings is 1. The number of nitrogens with zero attached hydrogens (tertiary/aromatic N) is 1. The molecule has 2 aliphatic heterocycles. The summed E-state index contributed by atoms with van der Waals surface area (Å²) >= 11 is 0. The van der Waals surface area contributed by atoms with E-state index in [-0.39, 0.29) is 28.9 Å². The molecule has 0 aromatic heterocycles. The van der Waals surface area contributed by atoms with E-state index in [1.165, 1.54) is 12.1 Å². The minimum absolute atomic E-state index is 0.00504. The number of halogens is 1. The summed E-state index contributed by atoms with van der Waals surface area (Å²) in [6, 6.07) is 2.63. The van der Waals surface area contributed by atoms with E-state index in [0.717, 1.165) is 25.9 Å². The second kappa shape index (κ2) is 10.0. The molecule has 0 radical (unpaired) electrons. The lowest BCUT2D eigenvalue weighted by Gasteiger charge is -2.36. The van der Waals surface area contributed by atoms with Crippen molar-refractivity contribution in [1.82, 2.24) is 10.2 Å². The number of aliphatic hydroxyl groups excluding tert-OH is 1. The van der Waals surface area contributed by atoms with Crippen molar-refractivity contribution >= 4 is 5.91 Å². The van der Waals surface area contributed by atoms with E-state index in [9.17, 15) is 14.3 Å². The first kappa shape index (κ1) is 20.8. The largest absolute Gasteiger partial charge is 0.489 e. The van der Waals surface area contributed by atoms with E-state index in [0.29, 0.717) is 39.3 Å². The number of hydrogen-bond donors (Lipinski definition) is 2. The molecule has 1 aromatic carbocycles. The van der Waals surface area contributed by atoms with Gasteiger partial charge in [0.15, 0.2) is 17.3 Å². The predicted molar refractivity (Wildman–Crippen MR) is 101 cm³/mol. The molecule has 156 valence electrons. The second-order valence-corrected chi connectivity index (χ2v) is 7.28. The van der Waals surface area contributed by atoms with Crippen LogP contribution in [-0.4, -0.2) is 75.1 Å². The van der Waals surface area contributed by atoms with Gasteiger partial charge in [0.2, 0.25) is 0 Å². The molecule has 0 spiro atoms. The molecule has 2 heterocycles. The number of aliphatic hydroxyl groups is 1. The van der Waals surface area contributed by atoms with Crippen molar-refractivity contribution in [2.45, 2.75) is 25.4 Å². The maximum Gasteiger partial charge on any atom is 0.255 e. The number of nitrogens with one attached hydrogen (secondary N) is 1. The molecule has 1 saturated heterocycles. The van der Waals surface area contributed by atoms with Gasteiger partial charge in [0.25, 0.3) is 5.91 Å². The zero-order chi connectivity index (χ0) is 19.9. The van der Waals surface area contributed by atoms with Gasteiger partial charge in [-0.1, -0.05) is 0 Å². The average molecular weight is 396 g/mol. The summed E-state index contributed by atoms with van der Waals surface area (Å²) in [6.07, 6.45) is 1.86. The molecule has 0 bridgehead atoms. The Labute approximate surface area is 164 Å². The molecular weight excluding hydrogens is 367 g/mol. The Balaban J connectivity index is 1.55. The standard InChI is InChI=1S/C20H29FN2O5/c1-26-9-2-7-23-8-6-14(17(24)13-23)12-22-20(25)15-4-5-16(21)19-18(15)27-10-3-11-28-19/h4-5,14,17,24H,2-3,6-13H2,1H3,(H,22,25)/t14?,17-/m1/s1. The highest BCUT2D eigenvalue weighted by molar-refractivity contribution is 5.97. The van der Waals surface area contributed by atoms with Crippen molar-refractivity contribution in [3.63, 3.8) is 0 Å². The first-order chi connectivity index (χ1) is 13.6. The molecule has 1 aromatic rings. The third-order valence-corrected chi connectivity index (χ3v) is 5.24. The molecule has 7 nitrogen and oxygen atoms in total. The van der Waals surface area contributed by atoms with Gasteiger partial charge in [0, 0.05) is 45.7 Å². The third kappa shape index (κ3) is 5.12. The number of piperidine rings is 1. The van der Waals surface area contributed by atoms with Crippen LogP contribution in [0.4, 0.5) is 4.39 Å². The Kier molecular flexibility index (Phi) is 7.47. The Morgan fingerprint density at radius 2 is 2.14 bits per heavy atom. The van der Waals surface area contributed by atoms with E-state index in [4.69, 9.17) is 14.2 Å². The lowest BCUT2D eigenvalue weighted by molar-refractivity contribution is 0.0192. The summed E-state index contributed by atoms with van der Waals surface area (Å²) in [6.45, 7) is 4.15. The van der Waals surface area contributed by atoms with Gasteiger partial charge < -0.3 is 29.5 Å². The number of methoxy groups -OCH3 is 1. The first-order valence-corrected chi connectivity index (χ1v) is 9.85. The van der Waals surface area contributed by atoms with Crippen LogP contribution in [0, 0.1) is 11.7 Å². The fourth-order valence-corrected chi connectivity index (χ4v) is 3.64. The fraction of sp³-hybridized carbons (Fsp3) is 0.650. The van der Waals surface area contributed by atoms with Gasteiger partial charge in [0.05, 0.1) is 24.9 Å². The van der Waals surface area contributed by atoms with Crippen molar-refractivity contribution in [3.05, 3.63) is 23.5 Å². The van der Waals surface area contributed by atoms with Crippen molar-refractivity contribution < 1.29 is 28.5 Å². The number of fused-ring (bicyclic) bond motifs is 1. The summed E-state index contributed by atoms with van der Waals surface area (Å²) < 4.78 is 30.0. The number of rotatable bonds is 7. The number of ether oxygens (including phenoxy) is 3. The highest BCUT2D eigenvalue weighted by atomic mass is 19.1. The molecule has 0 saturated carbocycles. The van der Waals surface area contributed by atoms with Crippen molar-refractivity contribution in [2.24, 2.45) is 5.92 Å². The number of carbonyl (C=O) groups excluding carboxylic acids is 1. The highest BCUT2D eigenvalue weighted by Crippen LogP contribution is 2.36. The maximum absolute atomic E-state index is 14.0. The van der Waals surface area contributed by atoms with Crippen molar-refractivity contribution in [1.29, 1.82) is 0 Å². The SMILES string of the molecule is COCCCN1CCC(CNC(=O)c2ccc(F)c3c2OCCCO3)[C@H](O)C1. The highest BCUT2D eigenvalue weighted by Gasteiger charge is 2.29. The lowest BCUT2D eigenvalue weighted by Crippen LogP contribution is -2.48.